The maximum absolute atomic E-state index is 13.8. The Morgan fingerprint density at radius 1 is 0.825 bits per heavy atom. The number of nitrogens with zero attached hydrogens (tertiary/aromatic N) is 2. The lowest BCUT2D eigenvalue weighted by Crippen LogP contribution is -2.38. The Bertz CT molecular complexity index is 1600. The van der Waals surface area contributed by atoms with Crippen LogP contribution >= 0.6 is 0 Å². The topological polar surface area (TPSA) is 122 Å². The highest BCUT2D eigenvalue weighted by Crippen LogP contribution is 2.34. The number of anilines is 2. The first kappa shape index (κ1) is 29.4. The third kappa shape index (κ3) is 6.08. The number of carbonyl (C=O) groups is 1. The molecule has 1 amide bonds. The van der Waals surface area contributed by atoms with Crippen molar-refractivity contribution in [2.45, 2.75) is 36.5 Å². The number of rotatable bonds is 10. The van der Waals surface area contributed by atoms with Crippen molar-refractivity contribution in [3.63, 3.8) is 0 Å². The molecule has 0 spiro atoms. The van der Waals surface area contributed by atoms with Crippen LogP contribution in [0.4, 0.5) is 11.4 Å². The number of hydrogen-bond donors (Lipinski definition) is 1. The van der Waals surface area contributed by atoms with Crippen molar-refractivity contribution in [2.24, 2.45) is 0 Å². The summed E-state index contributed by atoms with van der Waals surface area (Å²) in [6.07, 6.45) is 1.57. The van der Waals surface area contributed by atoms with Gasteiger partial charge in [-0.15, -0.1) is 0 Å². The Labute approximate surface area is 235 Å². The highest BCUT2D eigenvalue weighted by Gasteiger charge is 2.31. The van der Waals surface area contributed by atoms with Gasteiger partial charge in [-0.2, -0.15) is 4.31 Å². The predicted molar refractivity (Wildman–Crippen MR) is 153 cm³/mol. The molecule has 1 N–H and O–H groups in total. The quantitative estimate of drug-likeness (QED) is 0.381. The van der Waals surface area contributed by atoms with Crippen LogP contribution in [0.1, 0.15) is 24.0 Å². The van der Waals surface area contributed by atoms with E-state index in [-0.39, 0.29) is 32.7 Å². The molecule has 0 aromatic heterocycles. The second-order valence-corrected chi connectivity index (χ2v) is 13.3. The minimum atomic E-state index is -4.21. The lowest BCUT2D eigenvalue weighted by atomic mass is 10.2. The van der Waals surface area contributed by atoms with E-state index in [2.05, 4.69) is 5.32 Å². The summed E-state index contributed by atoms with van der Waals surface area (Å²) in [7, 11) is -5.16. The first-order valence-corrected chi connectivity index (χ1v) is 15.6. The molecule has 0 bridgehead atoms. The monoisotopic (exact) mass is 587 g/mol. The largest absolute Gasteiger partial charge is 0.495 e. The van der Waals surface area contributed by atoms with Gasteiger partial charge >= 0.3 is 0 Å². The van der Waals surface area contributed by atoms with Crippen molar-refractivity contribution in [1.82, 2.24) is 4.31 Å². The van der Waals surface area contributed by atoms with Gasteiger partial charge in [0.1, 0.15) is 18.0 Å². The number of nitrogens with one attached hydrogen (secondary N) is 1. The van der Waals surface area contributed by atoms with Gasteiger partial charge < -0.3 is 14.8 Å². The molecule has 0 unspecified atom stereocenters. The van der Waals surface area contributed by atoms with Crippen LogP contribution in [-0.4, -0.2) is 60.9 Å². The second-order valence-electron chi connectivity index (χ2n) is 9.52. The van der Waals surface area contributed by atoms with Crippen LogP contribution in [0.3, 0.4) is 0 Å². The predicted octanol–water partition coefficient (Wildman–Crippen LogP) is 3.94. The van der Waals surface area contributed by atoms with Crippen LogP contribution < -0.4 is 19.1 Å². The summed E-state index contributed by atoms with van der Waals surface area (Å²) < 4.78 is 67.1. The van der Waals surface area contributed by atoms with E-state index in [0.717, 1.165) is 28.3 Å². The molecule has 3 aromatic carbocycles. The van der Waals surface area contributed by atoms with Crippen LogP contribution in [0.2, 0.25) is 0 Å². The van der Waals surface area contributed by atoms with Crippen molar-refractivity contribution in [3.05, 3.63) is 71.8 Å². The minimum Gasteiger partial charge on any atom is -0.495 e. The molecule has 1 aliphatic rings. The second kappa shape index (κ2) is 11.9. The van der Waals surface area contributed by atoms with Gasteiger partial charge in [0.25, 0.3) is 10.0 Å². The summed E-state index contributed by atoms with van der Waals surface area (Å²) in [5.41, 5.74) is 1.95. The fourth-order valence-corrected chi connectivity index (χ4v) is 7.44. The van der Waals surface area contributed by atoms with Crippen LogP contribution in [0, 0.1) is 13.8 Å². The Kier molecular flexibility index (Phi) is 8.71. The van der Waals surface area contributed by atoms with E-state index in [0.29, 0.717) is 13.1 Å². The van der Waals surface area contributed by atoms with Gasteiger partial charge in [-0.05, 0) is 74.7 Å². The van der Waals surface area contributed by atoms with Crippen LogP contribution in [0.5, 0.6) is 11.5 Å². The summed E-state index contributed by atoms with van der Waals surface area (Å²) in [5, 5.41) is 2.66. The van der Waals surface area contributed by atoms with E-state index in [1.807, 2.05) is 6.92 Å². The summed E-state index contributed by atoms with van der Waals surface area (Å²) in [4.78, 5) is 13.4. The molecule has 1 saturated heterocycles. The van der Waals surface area contributed by atoms with E-state index in [1.165, 1.54) is 48.9 Å². The van der Waals surface area contributed by atoms with Gasteiger partial charge in [0.2, 0.25) is 15.9 Å². The average molecular weight is 588 g/mol. The Balaban J connectivity index is 1.71. The smallest absolute Gasteiger partial charge is 0.264 e. The summed E-state index contributed by atoms with van der Waals surface area (Å²) in [6.45, 7) is 3.90. The van der Waals surface area contributed by atoms with Gasteiger partial charge in [-0.3, -0.25) is 9.10 Å². The molecule has 4 rings (SSSR count). The first-order valence-electron chi connectivity index (χ1n) is 12.7. The van der Waals surface area contributed by atoms with Crippen molar-refractivity contribution in [3.8, 4) is 11.5 Å². The molecule has 12 heteroatoms. The molecule has 1 heterocycles. The molecule has 1 aliphatic heterocycles. The Morgan fingerprint density at radius 3 is 2.02 bits per heavy atom. The number of hydrogen-bond acceptors (Lipinski definition) is 7. The van der Waals surface area contributed by atoms with Crippen molar-refractivity contribution >= 4 is 37.3 Å². The maximum atomic E-state index is 13.8. The Hall–Kier alpha value is -3.61. The number of ether oxygens (including phenoxy) is 2. The molecule has 0 atom stereocenters. The van der Waals surface area contributed by atoms with Crippen molar-refractivity contribution in [1.29, 1.82) is 0 Å². The zero-order chi connectivity index (χ0) is 29.1. The Morgan fingerprint density at radius 2 is 1.40 bits per heavy atom. The number of methoxy groups -OCH3 is 2. The summed E-state index contributed by atoms with van der Waals surface area (Å²) >= 11 is 0. The van der Waals surface area contributed by atoms with Gasteiger partial charge in [-0.1, -0.05) is 23.8 Å². The molecule has 0 saturated carbocycles. The highest BCUT2D eigenvalue weighted by atomic mass is 32.2. The third-order valence-corrected chi connectivity index (χ3v) is 10.3. The highest BCUT2D eigenvalue weighted by molar-refractivity contribution is 7.93. The fourth-order valence-electron chi connectivity index (χ4n) is 4.47. The van der Waals surface area contributed by atoms with E-state index in [1.54, 1.807) is 37.3 Å². The zero-order valence-corrected chi connectivity index (χ0v) is 24.5. The number of amides is 1. The molecule has 40 heavy (non-hydrogen) atoms. The van der Waals surface area contributed by atoms with Gasteiger partial charge in [0.05, 0.1) is 35.4 Å². The maximum Gasteiger partial charge on any atom is 0.264 e. The van der Waals surface area contributed by atoms with E-state index in [4.69, 9.17) is 9.47 Å². The first-order chi connectivity index (χ1) is 19.0. The molecule has 10 nitrogen and oxygen atoms in total. The number of aryl methyl sites for hydroxylation is 2. The molecule has 0 radical (unpaired) electrons. The van der Waals surface area contributed by atoms with Crippen LogP contribution in [0.15, 0.2) is 70.5 Å². The van der Waals surface area contributed by atoms with E-state index >= 15 is 0 Å². The lowest BCUT2D eigenvalue weighted by Gasteiger charge is -2.26. The van der Waals surface area contributed by atoms with Gasteiger partial charge in [0.15, 0.2) is 0 Å². The molecular formula is C28H33N3O7S2. The van der Waals surface area contributed by atoms with E-state index < -0.39 is 32.5 Å². The lowest BCUT2D eigenvalue weighted by molar-refractivity contribution is -0.114. The number of benzene rings is 3. The van der Waals surface area contributed by atoms with Crippen molar-refractivity contribution < 1.29 is 31.1 Å². The molecule has 214 valence electrons. The van der Waals surface area contributed by atoms with E-state index in [9.17, 15) is 21.6 Å². The zero-order valence-electron chi connectivity index (χ0n) is 22.9. The van der Waals surface area contributed by atoms with Crippen LogP contribution in [0.25, 0.3) is 0 Å². The molecule has 3 aromatic rings. The average Bonchev–Trinajstić information content (AvgIpc) is 3.48. The SMILES string of the molecule is COc1ccc(S(=O)(=O)N2CCCC2)cc1NC(=O)CN(c1cc(C)ccc1OC)S(=O)(=O)c1ccc(C)cc1. The number of carbonyl (C=O) groups excluding carboxylic acids is 1. The fraction of sp³-hybridized carbons (Fsp3) is 0.321. The van der Waals surface area contributed by atoms with Gasteiger partial charge in [-0.25, -0.2) is 16.8 Å². The van der Waals surface area contributed by atoms with Crippen molar-refractivity contribution in [2.75, 3.05) is 43.5 Å². The van der Waals surface area contributed by atoms with Gasteiger partial charge in [0, 0.05) is 13.1 Å². The summed E-state index contributed by atoms with van der Waals surface area (Å²) in [6, 6.07) is 15.6. The normalized spacial score (nSPS) is 14.1. The minimum absolute atomic E-state index is 0.00532. The van der Waals surface area contributed by atoms with Crippen LogP contribution in [-0.2, 0) is 24.8 Å². The number of sulfonamides is 2. The molecule has 0 aliphatic carbocycles. The standard InChI is InChI=1S/C28H33N3O7S2/c1-20-7-10-22(11-8-20)40(35,36)31(25-17-21(2)9-13-27(25)38-4)19-28(32)29-24-18-23(12-14-26(24)37-3)39(33,34)30-15-5-6-16-30/h7-14,17-18H,5-6,15-16,19H2,1-4H3,(H,29,32). The molecular weight excluding hydrogens is 554 g/mol. The third-order valence-electron chi connectivity index (χ3n) is 6.65. The summed E-state index contributed by atoms with van der Waals surface area (Å²) in [5.74, 6) is -0.201. The molecule has 1 fully saturated rings.